The molecule has 0 saturated heterocycles. The van der Waals surface area contributed by atoms with E-state index in [1.807, 2.05) is 0 Å². The van der Waals surface area contributed by atoms with E-state index in [-0.39, 0.29) is 4.90 Å². The molecule has 0 aliphatic heterocycles. The van der Waals surface area contributed by atoms with Gasteiger partial charge in [-0.2, -0.15) is 0 Å². The van der Waals surface area contributed by atoms with Gasteiger partial charge in [-0.25, -0.2) is 13.1 Å². The Morgan fingerprint density at radius 3 is 2.30 bits per heavy atom. The number of nitrogens with zero attached hydrogens (tertiary/aromatic N) is 4. The van der Waals surface area contributed by atoms with Crippen LogP contribution in [-0.4, -0.2) is 35.7 Å². The summed E-state index contributed by atoms with van der Waals surface area (Å²) in [4.78, 5) is 0.155. The Labute approximate surface area is 132 Å². The average molecular weight is 331 g/mol. The molecule has 3 aromatic rings. The van der Waals surface area contributed by atoms with Crippen molar-refractivity contribution in [2.24, 2.45) is 0 Å². The van der Waals surface area contributed by atoms with Crippen molar-refractivity contribution in [3.63, 3.8) is 0 Å². The summed E-state index contributed by atoms with van der Waals surface area (Å²) >= 11 is 0. The molecule has 9 heteroatoms. The van der Waals surface area contributed by atoms with E-state index in [9.17, 15) is 8.42 Å². The highest BCUT2D eigenvalue weighted by atomic mass is 32.2. The van der Waals surface area contributed by atoms with Crippen LogP contribution in [0, 0.1) is 0 Å². The van der Waals surface area contributed by atoms with Crippen LogP contribution in [0.5, 0.6) is 5.75 Å². The van der Waals surface area contributed by atoms with Crippen molar-refractivity contribution >= 4 is 15.7 Å². The summed E-state index contributed by atoms with van der Waals surface area (Å²) in [5.41, 5.74) is 1.17. The molecule has 118 valence electrons. The Morgan fingerprint density at radius 1 is 1.04 bits per heavy atom. The normalized spacial score (nSPS) is 11.2. The third-order valence-corrected chi connectivity index (χ3v) is 4.50. The number of anilines is 1. The molecule has 0 bridgehead atoms. The average Bonchev–Trinajstić information content (AvgIpc) is 3.10. The van der Waals surface area contributed by atoms with Gasteiger partial charge in [0, 0.05) is 5.69 Å². The molecule has 3 rings (SSSR count). The molecule has 0 spiro atoms. The maximum atomic E-state index is 12.3. The smallest absolute Gasteiger partial charge is 0.261 e. The molecular formula is C14H13N5O3S. The van der Waals surface area contributed by atoms with Gasteiger partial charge in [0.15, 0.2) is 0 Å². The summed E-state index contributed by atoms with van der Waals surface area (Å²) in [5.74, 6) is 0.592. The second-order valence-corrected chi connectivity index (χ2v) is 6.26. The summed E-state index contributed by atoms with van der Waals surface area (Å²) in [6.45, 7) is 0. The number of sulfonamides is 1. The third-order valence-electron chi connectivity index (χ3n) is 3.10. The molecule has 1 aromatic heterocycles. The Balaban J connectivity index is 1.79. The van der Waals surface area contributed by atoms with E-state index in [0.717, 1.165) is 5.69 Å². The van der Waals surface area contributed by atoms with E-state index < -0.39 is 10.0 Å². The molecule has 1 heterocycles. The molecule has 0 fully saturated rings. The molecule has 0 radical (unpaired) electrons. The van der Waals surface area contributed by atoms with Gasteiger partial charge < -0.3 is 4.74 Å². The van der Waals surface area contributed by atoms with E-state index in [1.54, 1.807) is 36.4 Å². The number of methoxy groups -OCH3 is 1. The molecule has 1 N–H and O–H groups in total. The maximum absolute atomic E-state index is 12.3. The largest absolute Gasteiger partial charge is 0.497 e. The first kappa shape index (κ1) is 15.0. The maximum Gasteiger partial charge on any atom is 0.261 e. The number of nitrogens with one attached hydrogen (secondary N) is 1. The number of hydrogen-bond acceptors (Lipinski definition) is 6. The molecule has 0 unspecified atom stereocenters. The Morgan fingerprint density at radius 2 is 1.74 bits per heavy atom. The second-order valence-electron chi connectivity index (χ2n) is 4.58. The molecule has 0 atom stereocenters. The highest BCUT2D eigenvalue weighted by Gasteiger charge is 2.14. The quantitative estimate of drug-likeness (QED) is 0.760. The highest BCUT2D eigenvalue weighted by molar-refractivity contribution is 7.92. The van der Waals surface area contributed by atoms with E-state index in [2.05, 4.69) is 20.2 Å². The molecule has 0 aliphatic carbocycles. The SMILES string of the molecule is COc1ccc(S(=O)(=O)Nc2ccc(-n3cnnn3)cc2)cc1. The Bertz CT molecular complexity index is 875. The van der Waals surface area contributed by atoms with Crippen LogP contribution in [0.3, 0.4) is 0 Å². The Kier molecular flexibility index (Phi) is 3.94. The van der Waals surface area contributed by atoms with Gasteiger partial charge >= 0.3 is 0 Å². The minimum absolute atomic E-state index is 0.155. The molecular weight excluding hydrogens is 318 g/mol. The predicted molar refractivity (Wildman–Crippen MR) is 83.0 cm³/mol. The standard InChI is InChI=1S/C14H13N5O3S/c1-22-13-6-8-14(9-7-13)23(20,21)16-11-2-4-12(5-3-11)19-10-15-17-18-19/h2-10,16H,1H3. The third kappa shape index (κ3) is 3.29. The van der Waals surface area contributed by atoms with Crippen molar-refractivity contribution in [1.29, 1.82) is 0 Å². The number of ether oxygens (including phenoxy) is 1. The molecule has 0 amide bonds. The van der Waals surface area contributed by atoms with Crippen LogP contribution in [0.2, 0.25) is 0 Å². The van der Waals surface area contributed by atoms with Gasteiger partial charge in [-0.05, 0) is 59.0 Å². The number of aromatic nitrogens is 4. The van der Waals surface area contributed by atoms with Crippen LogP contribution in [0.15, 0.2) is 59.8 Å². The summed E-state index contributed by atoms with van der Waals surface area (Å²) < 4.78 is 33.7. The molecule has 8 nitrogen and oxygen atoms in total. The van der Waals surface area contributed by atoms with Crippen LogP contribution in [-0.2, 0) is 10.0 Å². The van der Waals surface area contributed by atoms with Gasteiger partial charge in [0.05, 0.1) is 17.7 Å². The molecule has 0 saturated carbocycles. The fourth-order valence-corrected chi connectivity index (χ4v) is 2.99. The van der Waals surface area contributed by atoms with E-state index >= 15 is 0 Å². The van der Waals surface area contributed by atoms with Crippen LogP contribution < -0.4 is 9.46 Å². The molecule has 23 heavy (non-hydrogen) atoms. The first-order chi connectivity index (χ1) is 11.1. The minimum atomic E-state index is -3.66. The van der Waals surface area contributed by atoms with Gasteiger partial charge in [0.25, 0.3) is 10.0 Å². The van der Waals surface area contributed by atoms with Crippen LogP contribution in [0.1, 0.15) is 0 Å². The van der Waals surface area contributed by atoms with Gasteiger partial charge in [0.2, 0.25) is 0 Å². The lowest BCUT2D eigenvalue weighted by Gasteiger charge is -2.09. The van der Waals surface area contributed by atoms with Crippen LogP contribution in [0.25, 0.3) is 5.69 Å². The van der Waals surface area contributed by atoms with Gasteiger partial charge in [-0.1, -0.05) is 0 Å². The summed E-state index contributed by atoms with van der Waals surface area (Å²) in [5, 5.41) is 10.8. The lowest BCUT2D eigenvalue weighted by atomic mass is 10.3. The monoisotopic (exact) mass is 331 g/mol. The number of tetrazole rings is 1. The van der Waals surface area contributed by atoms with E-state index in [0.29, 0.717) is 11.4 Å². The lowest BCUT2D eigenvalue weighted by molar-refractivity contribution is 0.414. The number of rotatable bonds is 5. The number of benzene rings is 2. The topological polar surface area (TPSA) is 99.0 Å². The van der Waals surface area contributed by atoms with Crippen LogP contribution >= 0.6 is 0 Å². The molecule has 2 aromatic carbocycles. The first-order valence-electron chi connectivity index (χ1n) is 6.59. The van der Waals surface area contributed by atoms with Crippen molar-refractivity contribution in [1.82, 2.24) is 20.2 Å². The minimum Gasteiger partial charge on any atom is -0.497 e. The van der Waals surface area contributed by atoms with E-state index in [4.69, 9.17) is 4.74 Å². The lowest BCUT2D eigenvalue weighted by Crippen LogP contribution is -2.12. The first-order valence-corrected chi connectivity index (χ1v) is 8.07. The number of hydrogen-bond donors (Lipinski definition) is 1. The summed E-state index contributed by atoms with van der Waals surface area (Å²) in [6, 6.07) is 12.8. The molecule has 0 aliphatic rings. The van der Waals surface area contributed by atoms with Crippen molar-refractivity contribution in [2.75, 3.05) is 11.8 Å². The zero-order valence-electron chi connectivity index (χ0n) is 12.1. The fraction of sp³-hybridized carbons (Fsp3) is 0.0714. The van der Waals surface area contributed by atoms with Gasteiger partial charge in [-0.15, -0.1) is 5.10 Å². The van der Waals surface area contributed by atoms with Crippen LogP contribution in [0.4, 0.5) is 5.69 Å². The van der Waals surface area contributed by atoms with Crippen molar-refractivity contribution in [2.45, 2.75) is 4.90 Å². The second kappa shape index (κ2) is 6.05. The Hall–Kier alpha value is -2.94. The summed E-state index contributed by atoms with van der Waals surface area (Å²) in [7, 11) is -2.14. The van der Waals surface area contributed by atoms with Gasteiger partial charge in [-0.3, -0.25) is 4.72 Å². The van der Waals surface area contributed by atoms with E-state index in [1.165, 1.54) is 30.3 Å². The zero-order valence-corrected chi connectivity index (χ0v) is 12.9. The van der Waals surface area contributed by atoms with Crippen molar-refractivity contribution in [3.8, 4) is 11.4 Å². The van der Waals surface area contributed by atoms with Gasteiger partial charge in [0.1, 0.15) is 12.1 Å². The predicted octanol–water partition coefficient (Wildman–Crippen LogP) is 1.47. The zero-order chi connectivity index (χ0) is 16.3. The fourth-order valence-electron chi connectivity index (χ4n) is 1.93. The van der Waals surface area contributed by atoms with Crippen molar-refractivity contribution < 1.29 is 13.2 Å². The van der Waals surface area contributed by atoms with Crippen molar-refractivity contribution in [3.05, 3.63) is 54.9 Å². The summed E-state index contributed by atoms with van der Waals surface area (Å²) in [6.07, 6.45) is 1.45. The highest BCUT2D eigenvalue weighted by Crippen LogP contribution is 2.20.